The Morgan fingerprint density at radius 3 is 1.36 bits per heavy atom. The van der Waals surface area contributed by atoms with E-state index in [9.17, 15) is 19.0 Å². The molecule has 0 aromatic rings. The van der Waals surface area contributed by atoms with Crippen LogP contribution in [0.1, 0.15) is 174 Å². The number of phosphoric acid groups is 1. The molecule has 0 saturated heterocycles. The zero-order valence-corrected chi connectivity index (χ0v) is 32.1. The molecule has 0 radical (unpaired) electrons. The van der Waals surface area contributed by atoms with Crippen LogP contribution in [0.25, 0.3) is 0 Å². The van der Waals surface area contributed by atoms with Gasteiger partial charge in [-0.25, -0.2) is 0 Å². The molecule has 280 valence electrons. The van der Waals surface area contributed by atoms with Crippen LogP contribution in [0.2, 0.25) is 0 Å². The fourth-order valence-corrected chi connectivity index (χ4v) is 6.17. The summed E-state index contributed by atoms with van der Waals surface area (Å²) in [5.74, 6) is -1.02. The first kappa shape index (κ1) is 46.0. The van der Waals surface area contributed by atoms with E-state index in [4.69, 9.17) is 18.5 Å². The molecule has 0 N–H and O–H groups in total. The maximum Gasteiger partial charge on any atom is 0.306 e. The molecule has 0 rings (SSSR count). The molecular formula is C37H74NO8P. The van der Waals surface area contributed by atoms with E-state index in [0.29, 0.717) is 17.4 Å². The van der Waals surface area contributed by atoms with Gasteiger partial charge in [0.2, 0.25) is 0 Å². The van der Waals surface area contributed by atoms with E-state index in [1.807, 2.05) is 21.1 Å². The molecule has 0 aromatic heterocycles. The van der Waals surface area contributed by atoms with Gasteiger partial charge in [-0.05, 0) is 6.42 Å². The molecule has 0 spiro atoms. The van der Waals surface area contributed by atoms with Crippen LogP contribution in [0.3, 0.4) is 0 Å². The van der Waals surface area contributed by atoms with Gasteiger partial charge >= 0.3 is 11.9 Å². The van der Waals surface area contributed by atoms with Crippen molar-refractivity contribution in [3.63, 3.8) is 0 Å². The van der Waals surface area contributed by atoms with Crippen LogP contribution in [-0.4, -0.2) is 70.0 Å². The average Bonchev–Trinajstić information content (AvgIpc) is 2.99. The number of carbonyl (C=O) groups is 2. The number of carbonyl (C=O) groups excluding carboxylic acids is 2. The maximum atomic E-state index is 12.3. The van der Waals surface area contributed by atoms with Crippen LogP contribution < -0.4 is 4.89 Å². The lowest BCUT2D eigenvalue weighted by molar-refractivity contribution is -0.870. The molecule has 0 amide bonds. The summed E-state index contributed by atoms with van der Waals surface area (Å²) in [5.41, 5.74) is 0. The molecule has 0 aliphatic carbocycles. The van der Waals surface area contributed by atoms with E-state index in [0.717, 1.165) is 12.8 Å². The van der Waals surface area contributed by atoms with Gasteiger partial charge in [0.05, 0.1) is 27.7 Å². The van der Waals surface area contributed by atoms with E-state index in [1.165, 1.54) is 142 Å². The van der Waals surface area contributed by atoms with Crippen molar-refractivity contribution in [3.8, 4) is 0 Å². The number of hydrogen-bond acceptors (Lipinski definition) is 8. The first-order valence-electron chi connectivity index (χ1n) is 19.2. The summed E-state index contributed by atoms with van der Waals surface area (Å²) < 4.78 is 32.6. The van der Waals surface area contributed by atoms with Gasteiger partial charge in [0.1, 0.15) is 19.8 Å². The van der Waals surface area contributed by atoms with Crippen molar-refractivity contribution in [2.24, 2.45) is 0 Å². The largest absolute Gasteiger partial charge is 0.756 e. The lowest BCUT2D eigenvalue weighted by atomic mass is 10.0. The second kappa shape index (κ2) is 31.0. The van der Waals surface area contributed by atoms with Crippen molar-refractivity contribution in [2.75, 3.05) is 47.5 Å². The smallest absolute Gasteiger partial charge is 0.306 e. The Kier molecular flexibility index (Phi) is 30.4. The van der Waals surface area contributed by atoms with E-state index >= 15 is 0 Å². The van der Waals surface area contributed by atoms with E-state index < -0.39 is 32.5 Å². The third kappa shape index (κ3) is 36.1. The number of ether oxygens (including phenoxy) is 2. The summed E-state index contributed by atoms with van der Waals surface area (Å²) in [4.78, 5) is 35.6. The summed E-state index contributed by atoms with van der Waals surface area (Å²) in [6, 6.07) is 0. The van der Waals surface area contributed by atoms with Crippen molar-refractivity contribution in [2.45, 2.75) is 180 Å². The predicted octanol–water partition coefficient (Wildman–Crippen LogP) is 9.44. The highest BCUT2D eigenvalue weighted by atomic mass is 31.2. The normalized spacial score (nSPS) is 13.7. The SMILES string of the molecule is CCCCCCCCCCCCCCCCCCCCCCCCCCC(=O)OC(COC(C)=O)COP(=O)([O-])OCC[N+](C)(C)C. The van der Waals surface area contributed by atoms with Crippen LogP contribution in [0.4, 0.5) is 0 Å². The summed E-state index contributed by atoms with van der Waals surface area (Å²) in [5, 5.41) is 0. The number of nitrogens with zero attached hydrogens (tertiary/aromatic N) is 1. The van der Waals surface area contributed by atoms with E-state index in [-0.39, 0.29) is 19.6 Å². The molecule has 2 atom stereocenters. The molecule has 0 aliphatic heterocycles. The molecule has 47 heavy (non-hydrogen) atoms. The summed E-state index contributed by atoms with van der Waals surface area (Å²) in [6.45, 7) is 3.21. The van der Waals surface area contributed by atoms with Crippen molar-refractivity contribution in [1.29, 1.82) is 0 Å². The number of hydrogen-bond donors (Lipinski definition) is 0. The van der Waals surface area contributed by atoms with Crippen molar-refractivity contribution < 1.29 is 42.1 Å². The minimum Gasteiger partial charge on any atom is -0.756 e. The van der Waals surface area contributed by atoms with Gasteiger partial charge in [-0.15, -0.1) is 0 Å². The van der Waals surface area contributed by atoms with Crippen LogP contribution in [-0.2, 0) is 32.7 Å². The molecule has 10 heteroatoms. The third-order valence-corrected chi connectivity index (χ3v) is 9.40. The van der Waals surface area contributed by atoms with E-state index in [2.05, 4.69) is 6.92 Å². The highest BCUT2D eigenvalue weighted by Gasteiger charge is 2.21. The number of phosphoric ester groups is 1. The molecule has 0 aliphatic rings. The van der Waals surface area contributed by atoms with Gasteiger partial charge in [0.15, 0.2) is 6.10 Å². The summed E-state index contributed by atoms with van der Waals surface area (Å²) in [7, 11) is 1.17. The zero-order chi connectivity index (χ0) is 35.1. The number of rotatable bonds is 35. The van der Waals surface area contributed by atoms with Crippen LogP contribution in [0, 0.1) is 0 Å². The molecule has 0 saturated carbocycles. The monoisotopic (exact) mass is 692 g/mol. The fourth-order valence-electron chi connectivity index (χ4n) is 5.44. The summed E-state index contributed by atoms with van der Waals surface area (Å²) >= 11 is 0. The number of likely N-dealkylation sites (N-methyl/N-ethyl adjacent to an activating group) is 1. The zero-order valence-electron chi connectivity index (χ0n) is 31.2. The second-order valence-corrected chi connectivity index (χ2v) is 15.8. The topological polar surface area (TPSA) is 111 Å². The number of esters is 2. The van der Waals surface area contributed by atoms with E-state index in [1.54, 1.807) is 0 Å². The van der Waals surface area contributed by atoms with Gasteiger partial charge in [-0.2, -0.15) is 0 Å². The Hall–Kier alpha value is -0.990. The summed E-state index contributed by atoms with van der Waals surface area (Å²) in [6.07, 6.45) is 30.9. The van der Waals surface area contributed by atoms with Crippen LogP contribution in [0.15, 0.2) is 0 Å². The van der Waals surface area contributed by atoms with Gasteiger partial charge < -0.3 is 27.9 Å². The second-order valence-electron chi connectivity index (χ2n) is 14.4. The fraction of sp³-hybridized carbons (Fsp3) is 0.946. The number of quaternary nitrogens is 1. The Bertz CT molecular complexity index is 789. The van der Waals surface area contributed by atoms with Crippen molar-refractivity contribution >= 4 is 19.8 Å². The molecule has 0 aromatic carbocycles. The Labute approximate surface area is 289 Å². The van der Waals surface area contributed by atoms with Crippen LogP contribution >= 0.6 is 7.82 Å². The lowest BCUT2D eigenvalue weighted by Gasteiger charge is -2.28. The first-order chi connectivity index (χ1) is 22.4. The molecule has 0 heterocycles. The van der Waals surface area contributed by atoms with Crippen molar-refractivity contribution in [3.05, 3.63) is 0 Å². The minimum absolute atomic E-state index is 0.0295. The molecular weight excluding hydrogens is 617 g/mol. The van der Waals surface area contributed by atoms with Gasteiger partial charge in [-0.3, -0.25) is 14.2 Å². The standard InChI is InChI=1S/C37H74NO8P/c1-6-7-8-9-10-11-12-13-14-15-16-17-18-19-20-21-22-23-24-25-26-27-28-29-30-37(40)46-36(33-43-35(2)39)34-45-47(41,42)44-32-31-38(3,4)5/h36H,6-34H2,1-5H3. The Balaban J connectivity index is 3.70. The first-order valence-corrected chi connectivity index (χ1v) is 20.6. The lowest BCUT2D eigenvalue weighted by Crippen LogP contribution is -2.37. The van der Waals surface area contributed by atoms with Gasteiger partial charge in [-0.1, -0.05) is 155 Å². The maximum absolute atomic E-state index is 12.3. The molecule has 2 unspecified atom stereocenters. The molecule has 9 nitrogen and oxygen atoms in total. The van der Waals surface area contributed by atoms with Gasteiger partial charge in [0, 0.05) is 13.3 Å². The third-order valence-electron chi connectivity index (χ3n) is 8.44. The Morgan fingerprint density at radius 1 is 0.617 bits per heavy atom. The minimum atomic E-state index is -4.58. The molecule has 0 fully saturated rings. The molecule has 0 bridgehead atoms. The number of unbranched alkanes of at least 4 members (excludes halogenated alkanes) is 23. The Morgan fingerprint density at radius 2 is 1.00 bits per heavy atom. The van der Waals surface area contributed by atoms with Crippen molar-refractivity contribution in [1.82, 2.24) is 0 Å². The quantitative estimate of drug-likeness (QED) is 0.0280. The van der Waals surface area contributed by atoms with Crippen LogP contribution in [0.5, 0.6) is 0 Å². The average molecular weight is 692 g/mol. The highest BCUT2D eigenvalue weighted by molar-refractivity contribution is 7.45. The predicted molar refractivity (Wildman–Crippen MR) is 190 cm³/mol. The highest BCUT2D eigenvalue weighted by Crippen LogP contribution is 2.38. The van der Waals surface area contributed by atoms with Gasteiger partial charge in [0.25, 0.3) is 7.82 Å².